The fourth-order valence-electron chi connectivity index (χ4n) is 1.66. The number of cyclic esters (lactones) is 1. The second-order valence-corrected chi connectivity index (χ2v) is 3.41. The molecule has 8 nitrogen and oxygen atoms in total. The van der Waals surface area contributed by atoms with Crippen molar-refractivity contribution in [1.82, 2.24) is 19.9 Å². The van der Waals surface area contributed by atoms with Crippen molar-refractivity contribution >= 4 is 17.6 Å². The first-order chi connectivity index (χ1) is 8.16. The largest absolute Gasteiger partial charge is 0.504 e. The van der Waals surface area contributed by atoms with Gasteiger partial charge in [-0.15, -0.1) is 0 Å². The van der Waals surface area contributed by atoms with E-state index in [0.717, 1.165) is 0 Å². The van der Waals surface area contributed by atoms with E-state index in [4.69, 9.17) is 4.74 Å². The molecule has 86 valence electrons. The molecule has 3 rings (SSSR count). The van der Waals surface area contributed by atoms with Crippen LogP contribution in [0.2, 0.25) is 0 Å². The van der Waals surface area contributed by atoms with E-state index in [1.54, 1.807) is 0 Å². The van der Waals surface area contributed by atoms with E-state index in [9.17, 15) is 14.7 Å². The highest BCUT2D eigenvalue weighted by atomic mass is 16.6. The number of carbonyl (C=O) groups excluding carboxylic acids is 2. The fraction of sp³-hybridized carbons (Fsp3) is 0.111. The van der Waals surface area contributed by atoms with Gasteiger partial charge in [0.1, 0.15) is 6.33 Å². The van der Waals surface area contributed by atoms with Crippen molar-refractivity contribution in [2.24, 2.45) is 0 Å². The predicted molar refractivity (Wildman–Crippen MR) is 52.0 cm³/mol. The lowest BCUT2D eigenvalue weighted by atomic mass is 10.2. The molecule has 8 heteroatoms. The maximum Gasteiger partial charge on any atom is 0.415 e. The summed E-state index contributed by atoms with van der Waals surface area (Å²) in [5, 5.41) is 15.4. The number of aromatic nitrogens is 3. The van der Waals surface area contributed by atoms with Crippen molar-refractivity contribution in [2.45, 2.75) is 6.10 Å². The first-order valence-electron chi connectivity index (χ1n) is 4.70. The molecule has 0 aromatic carbocycles. The molecule has 1 unspecified atom stereocenters. The van der Waals surface area contributed by atoms with Gasteiger partial charge in [-0.05, 0) is 12.1 Å². The minimum Gasteiger partial charge on any atom is -0.504 e. The summed E-state index contributed by atoms with van der Waals surface area (Å²) < 4.78 is 6.06. The second-order valence-electron chi connectivity index (χ2n) is 3.41. The molecule has 3 heterocycles. The quantitative estimate of drug-likeness (QED) is 0.704. The molecule has 2 N–H and O–H groups in total. The topological polar surface area (TPSA) is 106 Å². The number of hydrogen-bond donors (Lipinski definition) is 2. The van der Waals surface area contributed by atoms with Crippen LogP contribution in [0.25, 0.3) is 5.65 Å². The van der Waals surface area contributed by atoms with Crippen molar-refractivity contribution in [3.63, 3.8) is 0 Å². The van der Waals surface area contributed by atoms with Crippen molar-refractivity contribution in [3.05, 3.63) is 24.2 Å². The summed E-state index contributed by atoms with van der Waals surface area (Å²) in [6, 6.07) is 2.80. The van der Waals surface area contributed by atoms with Gasteiger partial charge < -0.3 is 9.84 Å². The van der Waals surface area contributed by atoms with Crippen LogP contribution in [-0.2, 0) is 9.53 Å². The molecule has 2 aromatic heterocycles. The van der Waals surface area contributed by atoms with Crippen LogP contribution in [0, 0.1) is 0 Å². The summed E-state index contributed by atoms with van der Waals surface area (Å²) in [6.45, 7) is 0. The summed E-state index contributed by atoms with van der Waals surface area (Å²) in [4.78, 5) is 26.2. The van der Waals surface area contributed by atoms with E-state index in [1.165, 1.54) is 23.0 Å². The van der Waals surface area contributed by atoms with Crippen LogP contribution in [0.15, 0.2) is 18.5 Å². The van der Waals surface area contributed by atoms with Gasteiger partial charge in [-0.1, -0.05) is 0 Å². The Morgan fingerprint density at radius 1 is 1.41 bits per heavy atom. The van der Waals surface area contributed by atoms with Gasteiger partial charge in [-0.2, -0.15) is 5.10 Å². The van der Waals surface area contributed by atoms with E-state index in [0.29, 0.717) is 5.69 Å². The van der Waals surface area contributed by atoms with Crippen LogP contribution in [-0.4, -0.2) is 31.7 Å². The fourth-order valence-corrected chi connectivity index (χ4v) is 1.66. The van der Waals surface area contributed by atoms with Crippen LogP contribution in [0.1, 0.15) is 11.8 Å². The standard InChI is InChI=1S/C9H6N4O4/c14-5-2-1-4(13-7(5)10-3-11-13)6-8(15)12-9(16)17-6/h1-3,6,14H,(H,12,15,16). The Bertz CT molecular complexity index is 635. The molecule has 0 radical (unpaired) electrons. The lowest BCUT2D eigenvalue weighted by Crippen LogP contribution is -2.21. The average Bonchev–Trinajstić information content (AvgIpc) is 2.87. The average molecular weight is 234 g/mol. The van der Waals surface area contributed by atoms with Crippen molar-refractivity contribution in [1.29, 1.82) is 0 Å². The highest BCUT2D eigenvalue weighted by molar-refractivity contribution is 6.00. The van der Waals surface area contributed by atoms with Gasteiger partial charge in [0.25, 0.3) is 5.91 Å². The summed E-state index contributed by atoms with van der Waals surface area (Å²) in [5.74, 6) is -0.645. The van der Waals surface area contributed by atoms with Gasteiger partial charge in [0, 0.05) is 0 Å². The number of carbonyl (C=O) groups is 2. The maximum atomic E-state index is 11.5. The maximum absolute atomic E-state index is 11.5. The molecule has 17 heavy (non-hydrogen) atoms. The number of aromatic hydroxyl groups is 1. The molecule has 0 aliphatic carbocycles. The minimum atomic E-state index is -1.08. The third kappa shape index (κ3) is 1.30. The van der Waals surface area contributed by atoms with Crippen LogP contribution in [0.5, 0.6) is 5.75 Å². The highest BCUT2D eigenvalue weighted by Gasteiger charge is 2.35. The molecule has 2 aromatic rings. The van der Waals surface area contributed by atoms with E-state index >= 15 is 0 Å². The Morgan fingerprint density at radius 2 is 2.24 bits per heavy atom. The van der Waals surface area contributed by atoms with Gasteiger partial charge in [-0.25, -0.2) is 14.3 Å². The number of ether oxygens (including phenoxy) is 1. The number of hydrogen-bond acceptors (Lipinski definition) is 6. The SMILES string of the molecule is O=C1NC(=O)C(c2ccc(O)c3ncnn23)O1. The molecule has 1 aliphatic rings. The van der Waals surface area contributed by atoms with Gasteiger partial charge in [0.2, 0.25) is 6.10 Å². The number of imide groups is 1. The minimum absolute atomic E-state index is 0.0732. The predicted octanol–water partition coefficient (Wildman–Crippen LogP) is -0.258. The lowest BCUT2D eigenvalue weighted by Gasteiger charge is -2.08. The Labute approximate surface area is 93.8 Å². The summed E-state index contributed by atoms with van der Waals surface area (Å²) in [6.07, 6.45) is -0.651. The van der Waals surface area contributed by atoms with Crippen LogP contribution in [0.4, 0.5) is 4.79 Å². The number of nitrogens with one attached hydrogen (secondary N) is 1. The molecule has 0 bridgehead atoms. The number of nitrogens with zero attached hydrogens (tertiary/aromatic N) is 3. The van der Waals surface area contributed by atoms with Gasteiger partial charge >= 0.3 is 6.09 Å². The molecule has 1 atom stereocenters. The smallest absolute Gasteiger partial charge is 0.415 e. The molecular weight excluding hydrogens is 228 g/mol. The van der Waals surface area contributed by atoms with Gasteiger partial charge in [0.05, 0.1) is 5.69 Å². The Balaban J connectivity index is 2.18. The summed E-state index contributed by atoms with van der Waals surface area (Å²) in [5.41, 5.74) is 0.511. The molecule has 2 amide bonds. The summed E-state index contributed by atoms with van der Waals surface area (Å²) in [7, 11) is 0. The van der Waals surface area contributed by atoms with Gasteiger partial charge in [-0.3, -0.25) is 10.1 Å². The van der Waals surface area contributed by atoms with Gasteiger partial charge in [0.15, 0.2) is 11.4 Å². The number of rotatable bonds is 1. The monoisotopic (exact) mass is 234 g/mol. The normalized spacial score (nSPS) is 19.4. The number of alkyl carbamates (subject to hydrolysis) is 1. The van der Waals surface area contributed by atoms with E-state index in [1.807, 2.05) is 5.32 Å². The zero-order chi connectivity index (χ0) is 12.0. The number of fused-ring (bicyclic) bond motifs is 1. The zero-order valence-electron chi connectivity index (χ0n) is 8.32. The first kappa shape index (κ1) is 9.58. The Morgan fingerprint density at radius 3 is 2.94 bits per heavy atom. The van der Waals surface area contributed by atoms with Crippen molar-refractivity contribution in [2.75, 3.05) is 0 Å². The van der Waals surface area contributed by atoms with Crippen molar-refractivity contribution in [3.8, 4) is 5.75 Å². The Hall–Kier alpha value is -2.64. The van der Waals surface area contributed by atoms with Crippen LogP contribution < -0.4 is 5.32 Å². The lowest BCUT2D eigenvalue weighted by molar-refractivity contribution is -0.123. The molecule has 1 saturated heterocycles. The zero-order valence-corrected chi connectivity index (χ0v) is 8.32. The van der Waals surface area contributed by atoms with Crippen molar-refractivity contribution < 1.29 is 19.4 Å². The third-order valence-electron chi connectivity index (χ3n) is 2.39. The number of pyridine rings is 1. The molecule has 0 spiro atoms. The van der Waals surface area contributed by atoms with Crippen LogP contribution in [0.3, 0.4) is 0 Å². The molecule has 1 fully saturated rings. The third-order valence-corrected chi connectivity index (χ3v) is 2.39. The summed E-state index contributed by atoms with van der Waals surface area (Å²) >= 11 is 0. The second kappa shape index (κ2) is 3.17. The van der Waals surface area contributed by atoms with E-state index < -0.39 is 18.1 Å². The number of amides is 2. The Kier molecular flexibility index (Phi) is 1.79. The molecule has 1 aliphatic heterocycles. The first-order valence-corrected chi connectivity index (χ1v) is 4.70. The van der Waals surface area contributed by atoms with E-state index in [2.05, 4.69) is 10.1 Å². The van der Waals surface area contributed by atoms with Crippen LogP contribution >= 0.6 is 0 Å². The highest BCUT2D eigenvalue weighted by Crippen LogP contribution is 2.25. The van der Waals surface area contributed by atoms with E-state index in [-0.39, 0.29) is 11.4 Å². The molecule has 0 saturated carbocycles. The molecular formula is C9H6N4O4.